The molecule has 1 saturated carbocycles. The van der Waals surface area contributed by atoms with Crippen LogP contribution < -0.4 is 0 Å². The number of carbonyl (C=O) groups excluding carboxylic acids is 1. The Hall–Kier alpha value is -0.370. The van der Waals surface area contributed by atoms with Crippen molar-refractivity contribution in [3.63, 3.8) is 0 Å². The molecule has 1 aliphatic carbocycles. The van der Waals surface area contributed by atoms with Crippen molar-refractivity contribution in [1.29, 1.82) is 0 Å². The van der Waals surface area contributed by atoms with Crippen LogP contribution in [-0.2, 0) is 4.79 Å². The number of ketones is 1. The first-order valence-corrected chi connectivity index (χ1v) is 4.85. The zero-order valence-corrected chi connectivity index (χ0v) is 7.92. The van der Waals surface area contributed by atoms with Crippen LogP contribution in [0.3, 0.4) is 0 Å². The SMILES string of the molecule is CCC(C(C)=O)C1CCCC1O. The Bertz CT molecular complexity index is 165. The Morgan fingerprint density at radius 3 is 2.58 bits per heavy atom. The Labute approximate surface area is 74.0 Å². The highest BCUT2D eigenvalue weighted by Crippen LogP contribution is 2.33. The molecule has 0 spiro atoms. The van der Waals surface area contributed by atoms with E-state index in [1.807, 2.05) is 6.92 Å². The second kappa shape index (κ2) is 4.04. The number of hydrogen-bond acceptors (Lipinski definition) is 2. The fraction of sp³-hybridized carbons (Fsp3) is 0.900. The van der Waals surface area contributed by atoms with Gasteiger partial charge in [-0.2, -0.15) is 0 Å². The number of rotatable bonds is 3. The van der Waals surface area contributed by atoms with Gasteiger partial charge >= 0.3 is 0 Å². The Balaban J connectivity index is 2.58. The number of Topliss-reactive ketones (excluding diaryl/α,β-unsaturated/α-hetero) is 1. The minimum absolute atomic E-state index is 0.0995. The molecule has 3 unspecified atom stereocenters. The van der Waals surface area contributed by atoms with Crippen LogP contribution in [0.1, 0.15) is 39.5 Å². The van der Waals surface area contributed by atoms with Gasteiger partial charge in [-0.1, -0.05) is 13.3 Å². The lowest BCUT2D eigenvalue weighted by atomic mass is 9.84. The summed E-state index contributed by atoms with van der Waals surface area (Å²) in [5.41, 5.74) is 0. The molecule has 0 aromatic rings. The van der Waals surface area contributed by atoms with Gasteiger partial charge in [0.25, 0.3) is 0 Å². The second-order valence-electron chi connectivity index (χ2n) is 3.79. The first kappa shape index (κ1) is 9.72. The Morgan fingerprint density at radius 1 is 1.58 bits per heavy atom. The molecule has 1 fully saturated rings. The van der Waals surface area contributed by atoms with E-state index in [4.69, 9.17) is 0 Å². The summed E-state index contributed by atoms with van der Waals surface area (Å²) in [6, 6.07) is 0. The number of hydrogen-bond donors (Lipinski definition) is 1. The number of carbonyl (C=O) groups is 1. The van der Waals surface area contributed by atoms with E-state index < -0.39 is 0 Å². The van der Waals surface area contributed by atoms with Crippen molar-refractivity contribution >= 4 is 5.78 Å². The van der Waals surface area contributed by atoms with E-state index in [2.05, 4.69) is 0 Å². The summed E-state index contributed by atoms with van der Waals surface area (Å²) < 4.78 is 0. The van der Waals surface area contributed by atoms with Crippen LogP contribution in [0.2, 0.25) is 0 Å². The summed E-state index contributed by atoms with van der Waals surface area (Å²) in [5, 5.41) is 9.59. The van der Waals surface area contributed by atoms with E-state index in [1.165, 1.54) is 0 Å². The van der Waals surface area contributed by atoms with Gasteiger partial charge in [-0.15, -0.1) is 0 Å². The van der Waals surface area contributed by atoms with E-state index in [0.29, 0.717) is 0 Å². The Morgan fingerprint density at radius 2 is 2.25 bits per heavy atom. The van der Waals surface area contributed by atoms with Crippen LogP contribution in [0, 0.1) is 11.8 Å². The van der Waals surface area contributed by atoms with Gasteiger partial charge in [0, 0.05) is 5.92 Å². The molecule has 70 valence electrons. The lowest BCUT2D eigenvalue weighted by Gasteiger charge is -2.22. The third kappa shape index (κ3) is 1.86. The van der Waals surface area contributed by atoms with Gasteiger partial charge in [0.15, 0.2) is 0 Å². The molecule has 0 aliphatic heterocycles. The van der Waals surface area contributed by atoms with Gasteiger partial charge in [-0.25, -0.2) is 0 Å². The highest BCUT2D eigenvalue weighted by Gasteiger charge is 2.33. The molecule has 1 aliphatic rings. The van der Waals surface area contributed by atoms with Crippen LogP contribution in [-0.4, -0.2) is 17.0 Å². The van der Waals surface area contributed by atoms with Crippen LogP contribution in [0.5, 0.6) is 0 Å². The monoisotopic (exact) mass is 170 g/mol. The average molecular weight is 170 g/mol. The van der Waals surface area contributed by atoms with Crippen molar-refractivity contribution in [3.05, 3.63) is 0 Å². The van der Waals surface area contributed by atoms with Crippen molar-refractivity contribution in [3.8, 4) is 0 Å². The normalized spacial score (nSPS) is 31.9. The third-order valence-electron chi connectivity index (χ3n) is 3.01. The molecule has 0 amide bonds. The molecule has 0 aromatic heterocycles. The van der Waals surface area contributed by atoms with E-state index in [-0.39, 0.29) is 23.7 Å². The molecule has 0 heterocycles. The standard InChI is InChI=1S/C10H18O2/c1-3-8(7(2)11)9-5-4-6-10(9)12/h8-10,12H,3-6H2,1-2H3. The summed E-state index contributed by atoms with van der Waals surface area (Å²) >= 11 is 0. The highest BCUT2D eigenvalue weighted by atomic mass is 16.3. The molecule has 1 rings (SSSR count). The first-order valence-electron chi connectivity index (χ1n) is 4.85. The van der Waals surface area contributed by atoms with E-state index in [0.717, 1.165) is 25.7 Å². The summed E-state index contributed by atoms with van der Waals surface area (Å²) in [4.78, 5) is 11.2. The van der Waals surface area contributed by atoms with E-state index in [9.17, 15) is 9.90 Å². The van der Waals surface area contributed by atoms with Gasteiger partial charge < -0.3 is 5.11 Å². The lowest BCUT2D eigenvalue weighted by molar-refractivity contribution is -0.123. The molecule has 2 nitrogen and oxygen atoms in total. The molecular formula is C10H18O2. The van der Waals surface area contributed by atoms with E-state index >= 15 is 0 Å². The summed E-state index contributed by atoms with van der Waals surface area (Å²) in [6.07, 6.45) is 3.64. The van der Waals surface area contributed by atoms with Gasteiger partial charge in [0.1, 0.15) is 5.78 Å². The maximum absolute atomic E-state index is 11.2. The molecule has 3 atom stereocenters. The molecule has 0 aromatic carbocycles. The van der Waals surface area contributed by atoms with Crippen molar-refractivity contribution in [2.24, 2.45) is 11.8 Å². The molecule has 1 N–H and O–H groups in total. The maximum Gasteiger partial charge on any atom is 0.133 e. The predicted molar refractivity (Wildman–Crippen MR) is 47.8 cm³/mol. The lowest BCUT2D eigenvalue weighted by Crippen LogP contribution is -2.27. The Kier molecular flexibility index (Phi) is 3.27. The summed E-state index contributed by atoms with van der Waals surface area (Å²) in [5.74, 6) is 0.582. The molecular weight excluding hydrogens is 152 g/mol. The molecule has 2 heteroatoms. The predicted octanol–water partition coefficient (Wildman–Crippen LogP) is 1.76. The third-order valence-corrected chi connectivity index (χ3v) is 3.01. The topological polar surface area (TPSA) is 37.3 Å². The van der Waals surface area contributed by atoms with E-state index in [1.54, 1.807) is 6.92 Å². The smallest absolute Gasteiger partial charge is 0.133 e. The van der Waals surface area contributed by atoms with Gasteiger partial charge in [0.2, 0.25) is 0 Å². The van der Waals surface area contributed by atoms with Crippen molar-refractivity contribution < 1.29 is 9.90 Å². The van der Waals surface area contributed by atoms with Crippen molar-refractivity contribution in [2.75, 3.05) is 0 Å². The van der Waals surface area contributed by atoms with Gasteiger partial charge in [-0.3, -0.25) is 4.79 Å². The molecule has 0 saturated heterocycles. The zero-order chi connectivity index (χ0) is 9.14. The largest absolute Gasteiger partial charge is 0.393 e. The van der Waals surface area contributed by atoms with Crippen LogP contribution in [0.25, 0.3) is 0 Å². The second-order valence-corrected chi connectivity index (χ2v) is 3.79. The zero-order valence-electron chi connectivity index (χ0n) is 7.92. The van der Waals surface area contributed by atoms with Crippen molar-refractivity contribution in [1.82, 2.24) is 0 Å². The molecule has 0 bridgehead atoms. The van der Waals surface area contributed by atoms with Crippen LogP contribution >= 0.6 is 0 Å². The maximum atomic E-state index is 11.2. The van der Waals surface area contributed by atoms with Crippen LogP contribution in [0.15, 0.2) is 0 Å². The van der Waals surface area contributed by atoms with Gasteiger partial charge in [-0.05, 0) is 32.1 Å². The first-order chi connectivity index (χ1) is 5.66. The number of aliphatic hydroxyl groups is 1. The molecule has 12 heavy (non-hydrogen) atoms. The summed E-state index contributed by atoms with van der Waals surface area (Å²) in [6.45, 7) is 3.66. The average Bonchev–Trinajstić information content (AvgIpc) is 2.38. The minimum atomic E-state index is -0.223. The van der Waals surface area contributed by atoms with Crippen LogP contribution in [0.4, 0.5) is 0 Å². The summed E-state index contributed by atoms with van der Waals surface area (Å²) in [7, 11) is 0. The highest BCUT2D eigenvalue weighted by molar-refractivity contribution is 5.78. The van der Waals surface area contributed by atoms with Gasteiger partial charge in [0.05, 0.1) is 6.10 Å². The number of aliphatic hydroxyl groups excluding tert-OH is 1. The minimum Gasteiger partial charge on any atom is -0.393 e. The molecule has 0 radical (unpaired) electrons. The fourth-order valence-electron chi connectivity index (χ4n) is 2.33. The van der Waals surface area contributed by atoms with Crippen molar-refractivity contribution in [2.45, 2.75) is 45.6 Å². The quantitative estimate of drug-likeness (QED) is 0.700. The fourth-order valence-corrected chi connectivity index (χ4v) is 2.33.